The lowest BCUT2D eigenvalue weighted by Gasteiger charge is -2.33. The lowest BCUT2D eigenvalue weighted by atomic mass is 10.3. The Balaban J connectivity index is 2.00. The van der Waals surface area contributed by atoms with Crippen LogP contribution in [0.5, 0.6) is 0 Å². The van der Waals surface area contributed by atoms with Crippen LogP contribution in [0.2, 0.25) is 0 Å². The summed E-state index contributed by atoms with van der Waals surface area (Å²) in [6.45, 7) is 9.97. The first-order valence-corrected chi connectivity index (χ1v) is 7.06. The molecule has 1 N–H and O–H groups in total. The molecule has 2 heterocycles. The van der Waals surface area contributed by atoms with Gasteiger partial charge in [0.25, 0.3) is 0 Å². The molecule has 0 saturated carbocycles. The number of carboxylic acids is 1. The van der Waals surface area contributed by atoms with Crippen LogP contribution in [0.1, 0.15) is 27.3 Å². The molecule has 1 aliphatic heterocycles. The molecule has 0 aromatic carbocycles. The second kappa shape index (κ2) is 5.77. The number of nitrogens with zero attached hydrogens (tertiary/aromatic N) is 3. The van der Waals surface area contributed by atoms with Crippen LogP contribution in [-0.4, -0.2) is 58.6 Å². The van der Waals surface area contributed by atoms with E-state index in [1.54, 1.807) is 0 Å². The van der Waals surface area contributed by atoms with Gasteiger partial charge in [-0.15, -0.1) is 11.3 Å². The number of thiazole rings is 1. The zero-order valence-corrected chi connectivity index (χ0v) is 11.7. The summed E-state index contributed by atoms with van der Waals surface area (Å²) in [5, 5.41) is 9.93. The van der Waals surface area contributed by atoms with E-state index in [1.807, 2.05) is 6.92 Å². The molecule has 0 bridgehead atoms. The topological polar surface area (TPSA) is 56.7 Å². The van der Waals surface area contributed by atoms with Crippen molar-refractivity contribution < 1.29 is 9.90 Å². The average Bonchev–Trinajstić information content (AvgIpc) is 2.71. The van der Waals surface area contributed by atoms with Crippen molar-refractivity contribution in [1.29, 1.82) is 0 Å². The van der Waals surface area contributed by atoms with Gasteiger partial charge in [0, 0.05) is 32.7 Å². The van der Waals surface area contributed by atoms with Crippen molar-refractivity contribution in [1.82, 2.24) is 14.8 Å². The molecule has 0 spiro atoms. The lowest BCUT2D eigenvalue weighted by molar-refractivity contribution is 0.0687. The number of rotatable bonds is 4. The Morgan fingerprint density at radius 1 is 1.33 bits per heavy atom. The van der Waals surface area contributed by atoms with Gasteiger partial charge in [-0.2, -0.15) is 0 Å². The number of carboxylic acid groups (broad SMARTS) is 1. The number of piperazine rings is 1. The summed E-state index contributed by atoms with van der Waals surface area (Å²) in [7, 11) is 0. The number of likely N-dealkylation sites (N-methyl/N-ethyl adjacent to an activating group) is 1. The molecule has 0 amide bonds. The first-order valence-electron chi connectivity index (χ1n) is 6.24. The molecule has 0 aliphatic carbocycles. The molecule has 18 heavy (non-hydrogen) atoms. The van der Waals surface area contributed by atoms with Crippen LogP contribution >= 0.6 is 11.3 Å². The highest BCUT2D eigenvalue weighted by Gasteiger charge is 2.21. The molecule has 1 aromatic rings. The van der Waals surface area contributed by atoms with Crippen molar-refractivity contribution in [2.24, 2.45) is 0 Å². The van der Waals surface area contributed by atoms with E-state index in [9.17, 15) is 4.79 Å². The zero-order chi connectivity index (χ0) is 13.1. The third kappa shape index (κ3) is 3.07. The Morgan fingerprint density at radius 3 is 2.50 bits per heavy atom. The minimum Gasteiger partial charge on any atom is -0.476 e. The van der Waals surface area contributed by atoms with Crippen LogP contribution < -0.4 is 0 Å². The van der Waals surface area contributed by atoms with E-state index in [0.717, 1.165) is 42.6 Å². The minimum atomic E-state index is -0.915. The fourth-order valence-electron chi connectivity index (χ4n) is 2.21. The van der Waals surface area contributed by atoms with Crippen LogP contribution in [0.3, 0.4) is 0 Å². The van der Waals surface area contributed by atoms with Gasteiger partial charge in [0.2, 0.25) is 0 Å². The Morgan fingerprint density at radius 2 is 1.94 bits per heavy atom. The quantitative estimate of drug-likeness (QED) is 0.892. The SMILES string of the molecule is CCN1CCN(Cc2sc(C)nc2C(=O)O)CC1. The van der Waals surface area contributed by atoms with Crippen LogP contribution in [0.15, 0.2) is 0 Å². The number of hydrogen-bond acceptors (Lipinski definition) is 5. The zero-order valence-electron chi connectivity index (χ0n) is 10.8. The fourth-order valence-corrected chi connectivity index (χ4v) is 3.18. The summed E-state index contributed by atoms with van der Waals surface area (Å²) in [4.78, 5) is 20.8. The van der Waals surface area contributed by atoms with Gasteiger partial charge in [-0.05, 0) is 13.5 Å². The lowest BCUT2D eigenvalue weighted by Crippen LogP contribution is -2.45. The van der Waals surface area contributed by atoms with Gasteiger partial charge in [-0.3, -0.25) is 4.90 Å². The van der Waals surface area contributed by atoms with Crippen molar-refractivity contribution in [3.63, 3.8) is 0 Å². The second-order valence-electron chi connectivity index (χ2n) is 4.52. The molecular weight excluding hydrogens is 250 g/mol. The smallest absolute Gasteiger partial charge is 0.355 e. The summed E-state index contributed by atoms with van der Waals surface area (Å²) in [5.41, 5.74) is 0.232. The number of aryl methyl sites for hydroxylation is 1. The van der Waals surface area contributed by atoms with E-state index >= 15 is 0 Å². The monoisotopic (exact) mass is 269 g/mol. The van der Waals surface area contributed by atoms with E-state index in [-0.39, 0.29) is 5.69 Å². The van der Waals surface area contributed by atoms with Crippen molar-refractivity contribution in [2.45, 2.75) is 20.4 Å². The van der Waals surface area contributed by atoms with Gasteiger partial charge in [0.15, 0.2) is 5.69 Å². The highest BCUT2D eigenvalue weighted by molar-refractivity contribution is 7.11. The molecule has 1 aromatic heterocycles. The second-order valence-corrected chi connectivity index (χ2v) is 5.81. The maximum Gasteiger partial charge on any atom is 0.355 e. The van der Waals surface area contributed by atoms with E-state index in [1.165, 1.54) is 11.3 Å². The summed E-state index contributed by atoms with van der Waals surface area (Å²) >= 11 is 1.50. The third-order valence-electron chi connectivity index (χ3n) is 3.29. The number of hydrogen-bond donors (Lipinski definition) is 1. The third-order valence-corrected chi connectivity index (χ3v) is 4.24. The highest BCUT2D eigenvalue weighted by Crippen LogP contribution is 2.20. The van der Waals surface area contributed by atoms with Crippen LogP contribution in [0, 0.1) is 6.92 Å². The Labute approximate surface area is 111 Å². The van der Waals surface area contributed by atoms with Gasteiger partial charge >= 0.3 is 5.97 Å². The first kappa shape index (κ1) is 13.5. The molecule has 6 heteroatoms. The van der Waals surface area contributed by atoms with Crippen molar-refractivity contribution in [3.8, 4) is 0 Å². The van der Waals surface area contributed by atoms with Crippen molar-refractivity contribution in [3.05, 3.63) is 15.6 Å². The number of aromatic nitrogens is 1. The molecule has 100 valence electrons. The Bertz CT molecular complexity index is 425. The summed E-state index contributed by atoms with van der Waals surface area (Å²) in [6, 6.07) is 0. The predicted octanol–water partition coefficient (Wildman–Crippen LogP) is 1.29. The average molecular weight is 269 g/mol. The summed E-state index contributed by atoms with van der Waals surface area (Å²) in [5.74, 6) is -0.915. The van der Waals surface area contributed by atoms with Crippen molar-refractivity contribution in [2.75, 3.05) is 32.7 Å². The van der Waals surface area contributed by atoms with Gasteiger partial charge in [-0.25, -0.2) is 9.78 Å². The van der Waals surface area contributed by atoms with Gasteiger partial charge in [-0.1, -0.05) is 6.92 Å². The van der Waals surface area contributed by atoms with Gasteiger partial charge in [0.05, 0.1) is 9.88 Å². The van der Waals surface area contributed by atoms with Crippen molar-refractivity contribution >= 4 is 17.3 Å². The van der Waals surface area contributed by atoms with E-state index < -0.39 is 5.97 Å². The molecule has 2 rings (SSSR count). The molecule has 1 fully saturated rings. The standard InChI is InChI=1S/C12H19N3O2S/c1-3-14-4-6-15(7-5-14)8-10-11(12(16)17)13-9(2)18-10/h3-8H2,1-2H3,(H,16,17). The Hall–Kier alpha value is -0.980. The highest BCUT2D eigenvalue weighted by atomic mass is 32.1. The van der Waals surface area contributed by atoms with E-state index in [0.29, 0.717) is 6.54 Å². The van der Waals surface area contributed by atoms with Crippen LogP contribution in [0.25, 0.3) is 0 Å². The largest absolute Gasteiger partial charge is 0.476 e. The molecule has 0 atom stereocenters. The van der Waals surface area contributed by atoms with Crippen LogP contribution in [-0.2, 0) is 6.54 Å². The summed E-state index contributed by atoms with van der Waals surface area (Å²) in [6.07, 6.45) is 0. The normalized spacial score (nSPS) is 18.1. The van der Waals surface area contributed by atoms with Gasteiger partial charge < -0.3 is 10.0 Å². The molecule has 1 saturated heterocycles. The number of aromatic carboxylic acids is 1. The van der Waals surface area contributed by atoms with Gasteiger partial charge in [0.1, 0.15) is 0 Å². The fraction of sp³-hybridized carbons (Fsp3) is 0.667. The van der Waals surface area contributed by atoms with E-state index in [4.69, 9.17) is 5.11 Å². The predicted molar refractivity (Wildman–Crippen MR) is 71.2 cm³/mol. The minimum absolute atomic E-state index is 0.232. The summed E-state index contributed by atoms with van der Waals surface area (Å²) < 4.78 is 0. The maximum atomic E-state index is 11.1. The van der Waals surface area contributed by atoms with Crippen LogP contribution in [0.4, 0.5) is 0 Å². The first-order chi connectivity index (χ1) is 8.60. The Kier molecular flexibility index (Phi) is 4.31. The molecule has 5 nitrogen and oxygen atoms in total. The van der Waals surface area contributed by atoms with E-state index in [2.05, 4.69) is 21.7 Å². The molecule has 0 radical (unpaired) electrons. The maximum absolute atomic E-state index is 11.1. The molecular formula is C12H19N3O2S. The molecule has 1 aliphatic rings. The number of carbonyl (C=O) groups is 1. The molecule has 0 unspecified atom stereocenters.